The number of nitrogens with one attached hydrogen (secondary N) is 2. The van der Waals surface area contributed by atoms with Crippen molar-refractivity contribution in [1.82, 2.24) is 10.3 Å². The van der Waals surface area contributed by atoms with E-state index in [0.29, 0.717) is 39.2 Å². The number of oxazole rings is 1. The van der Waals surface area contributed by atoms with E-state index in [9.17, 15) is 9.90 Å². The summed E-state index contributed by atoms with van der Waals surface area (Å²) in [6.07, 6.45) is 0. The summed E-state index contributed by atoms with van der Waals surface area (Å²) in [5.41, 5.74) is 3.94. The number of hydrogen-bond acceptors (Lipinski definition) is 5. The van der Waals surface area contributed by atoms with Gasteiger partial charge >= 0.3 is 0 Å². The van der Waals surface area contributed by atoms with E-state index in [1.54, 1.807) is 36.4 Å². The Morgan fingerprint density at radius 1 is 1.03 bits per heavy atom. The third-order valence-corrected chi connectivity index (χ3v) is 6.44. The molecule has 4 aromatic carbocycles. The van der Waals surface area contributed by atoms with Gasteiger partial charge in [-0.25, -0.2) is 4.98 Å². The molecule has 5 aromatic rings. The van der Waals surface area contributed by atoms with Gasteiger partial charge in [0.25, 0.3) is 5.91 Å². The van der Waals surface area contributed by atoms with Crippen LogP contribution in [0.4, 0.5) is 5.69 Å². The third-order valence-electron chi connectivity index (χ3n) is 5.90. The summed E-state index contributed by atoms with van der Waals surface area (Å²) in [7, 11) is 0. The standard InChI is InChI=1S/C28H22ClN3O3S/c1-15(2)16-9-12-25-23(13-16)31-27(35-25)21-11-10-17(14-24(21)33)30-28(36)32-26(34)20-7-3-6-19-18(20)5-4-8-22(19)29/h3-15,33H,1-2H3,(H2,30,32,34,36). The van der Waals surface area contributed by atoms with Crippen molar-refractivity contribution >= 4 is 62.4 Å². The number of nitrogens with zero attached hydrogens (tertiary/aromatic N) is 1. The molecular formula is C28H22ClN3O3S. The fourth-order valence-electron chi connectivity index (χ4n) is 4.01. The van der Waals surface area contributed by atoms with Gasteiger partial charge in [-0.2, -0.15) is 0 Å². The van der Waals surface area contributed by atoms with Crippen LogP contribution in [0.5, 0.6) is 5.75 Å². The smallest absolute Gasteiger partial charge is 0.258 e. The number of halogens is 1. The van der Waals surface area contributed by atoms with Crippen LogP contribution in [0.15, 0.2) is 77.2 Å². The molecule has 180 valence electrons. The maximum absolute atomic E-state index is 12.9. The molecule has 1 amide bonds. The number of hydrogen-bond donors (Lipinski definition) is 3. The van der Waals surface area contributed by atoms with Gasteiger partial charge in [0.15, 0.2) is 10.7 Å². The minimum absolute atomic E-state index is 0.0338. The summed E-state index contributed by atoms with van der Waals surface area (Å²) in [6, 6.07) is 21.5. The summed E-state index contributed by atoms with van der Waals surface area (Å²) in [5.74, 6) is 0.290. The van der Waals surface area contributed by atoms with Crippen molar-refractivity contribution < 1.29 is 14.3 Å². The minimum Gasteiger partial charge on any atom is -0.507 e. The zero-order chi connectivity index (χ0) is 25.4. The highest BCUT2D eigenvalue weighted by atomic mass is 35.5. The van der Waals surface area contributed by atoms with Crippen LogP contribution < -0.4 is 10.6 Å². The molecule has 0 unspecified atom stereocenters. The maximum Gasteiger partial charge on any atom is 0.258 e. The number of phenols is 1. The highest BCUT2D eigenvalue weighted by Crippen LogP contribution is 2.34. The molecule has 0 aliphatic carbocycles. The first-order valence-corrected chi connectivity index (χ1v) is 12.1. The molecule has 0 atom stereocenters. The van der Waals surface area contributed by atoms with Crippen molar-refractivity contribution in [3.63, 3.8) is 0 Å². The van der Waals surface area contributed by atoms with E-state index < -0.39 is 0 Å². The zero-order valence-corrected chi connectivity index (χ0v) is 21.1. The van der Waals surface area contributed by atoms with Gasteiger partial charge in [0, 0.05) is 27.7 Å². The van der Waals surface area contributed by atoms with E-state index in [4.69, 9.17) is 28.2 Å². The molecule has 0 fully saturated rings. The van der Waals surface area contributed by atoms with Crippen LogP contribution in [-0.2, 0) is 0 Å². The van der Waals surface area contributed by atoms with Crippen molar-refractivity contribution in [2.45, 2.75) is 19.8 Å². The lowest BCUT2D eigenvalue weighted by molar-refractivity contribution is 0.0979. The number of carbonyl (C=O) groups excluding carboxylic acids is 1. The molecule has 0 aliphatic heterocycles. The Labute approximate surface area is 217 Å². The molecule has 8 heteroatoms. The van der Waals surface area contributed by atoms with Crippen LogP contribution in [0, 0.1) is 0 Å². The quantitative estimate of drug-likeness (QED) is 0.218. The molecule has 0 saturated carbocycles. The SMILES string of the molecule is CC(C)c1ccc2oc(-c3ccc(NC(=S)NC(=O)c4cccc5c(Cl)cccc45)cc3O)nc2c1. The number of amides is 1. The molecule has 6 nitrogen and oxygen atoms in total. The lowest BCUT2D eigenvalue weighted by atomic mass is 10.0. The Bertz CT molecular complexity index is 1640. The number of aromatic nitrogens is 1. The van der Waals surface area contributed by atoms with Crippen molar-refractivity contribution in [3.8, 4) is 17.2 Å². The fraction of sp³-hybridized carbons (Fsp3) is 0.107. The average molecular weight is 516 g/mol. The summed E-state index contributed by atoms with van der Waals surface area (Å²) in [6.45, 7) is 4.23. The number of phenolic OH excluding ortho intramolecular Hbond substituents is 1. The number of anilines is 1. The molecular weight excluding hydrogens is 494 g/mol. The largest absolute Gasteiger partial charge is 0.507 e. The first-order chi connectivity index (χ1) is 17.3. The van der Waals surface area contributed by atoms with Gasteiger partial charge in [0.1, 0.15) is 11.3 Å². The Hall–Kier alpha value is -3.94. The Morgan fingerprint density at radius 2 is 1.81 bits per heavy atom. The van der Waals surface area contributed by atoms with Crippen LogP contribution in [-0.4, -0.2) is 21.1 Å². The molecule has 0 radical (unpaired) electrons. The zero-order valence-electron chi connectivity index (χ0n) is 19.5. The lowest BCUT2D eigenvalue weighted by Gasteiger charge is -2.12. The van der Waals surface area contributed by atoms with Crippen LogP contribution in [0.25, 0.3) is 33.3 Å². The first kappa shape index (κ1) is 23.8. The highest BCUT2D eigenvalue weighted by molar-refractivity contribution is 7.80. The molecule has 0 saturated heterocycles. The second-order valence-electron chi connectivity index (χ2n) is 8.68. The number of aromatic hydroxyl groups is 1. The fourth-order valence-corrected chi connectivity index (χ4v) is 4.46. The molecule has 1 aromatic heterocycles. The molecule has 36 heavy (non-hydrogen) atoms. The monoisotopic (exact) mass is 515 g/mol. The van der Waals surface area contributed by atoms with E-state index in [0.717, 1.165) is 21.9 Å². The first-order valence-electron chi connectivity index (χ1n) is 11.3. The highest BCUT2D eigenvalue weighted by Gasteiger charge is 2.16. The van der Waals surface area contributed by atoms with Gasteiger partial charge < -0.3 is 14.8 Å². The van der Waals surface area contributed by atoms with E-state index in [1.165, 1.54) is 6.07 Å². The predicted molar refractivity (Wildman–Crippen MR) is 148 cm³/mol. The van der Waals surface area contributed by atoms with Crippen LogP contribution in [0.1, 0.15) is 35.7 Å². The molecule has 1 heterocycles. The van der Waals surface area contributed by atoms with Crippen molar-refractivity contribution in [2.75, 3.05) is 5.32 Å². The van der Waals surface area contributed by atoms with E-state index >= 15 is 0 Å². The van der Waals surface area contributed by atoms with Gasteiger partial charge in [-0.1, -0.05) is 55.8 Å². The van der Waals surface area contributed by atoms with Gasteiger partial charge in [-0.15, -0.1) is 0 Å². The van der Waals surface area contributed by atoms with Crippen LogP contribution >= 0.6 is 23.8 Å². The minimum atomic E-state index is -0.367. The number of rotatable bonds is 4. The van der Waals surface area contributed by atoms with Crippen LogP contribution in [0.2, 0.25) is 5.02 Å². The summed E-state index contributed by atoms with van der Waals surface area (Å²) < 4.78 is 5.85. The van der Waals surface area contributed by atoms with Gasteiger partial charge in [-0.05, 0) is 65.5 Å². The second kappa shape index (κ2) is 9.60. The molecule has 3 N–H and O–H groups in total. The molecule has 5 rings (SSSR count). The Balaban J connectivity index is 1.32. The number of benzene rings is 4. The second-order valence-corrected chi connectivity index (χ2v) is 9.50. The van der Waals surface area contributed by atoms with Crippen LogP contribution in [0.3, 0.4) is 0 Å². The van der Waals surface area contributed by atoms with Gasteiger partial charge in [-0.3, -0.25) is 10.1 Å². The maximum atomic E-state index is 12.9. The number of carbonyl (C=O) groups is 1. The van der Waals surface area contributed by atoms with E-state index in [1.807, 2.05) is 30.3 Å². The van der Waals surface area contributed by atoms with Crippen molar-refractivity contribution in [1.29, 1.82) is 0 Å². The topological polar surface area (TPSA) is 87.4 Å². The van der Waals surface area contributed by atoms with Gasteiger partial charge in [0.2, 0.25) is 5.89 Å². The molecule has 0 bridgehead atoms. The number of fused-ring (bicyclic) bond motifs is 2. The Kier molecular flexibility index (Phi) is 6.35. The summed E-state index contributed by atoms with van der Waals surface area (Å²) >= 11 is 11.6. The van der Waals surface area contributed by atoms with E-state index in [2.05, 4.69) is 29.5 Å². The van der Waals surface area contributed by atoms with Crippen molar-refractivity contribution in [3.05, 3.63) is 88.9 Å². The number of thiocarbonyl (C=S) groups is 1. The Morgan fingerprint density at radius 3 is 2.58 bits per heavy atom. The molecule has 0 aliphatic rings. The summed E-state index contributed by atoms with van der Waals surface area (Å²) in [5, 5.41) is 18.4. The predicted octanol–water partition coefficient (Wildman–Crippen LogP) is 7.26. The lowest BCUT2D eigenvalue weighted by Crippen LogP contribution is -2.34. The van der Waals surface area contributed by atoms with E-state index in [-0.39, 0.29) is 16.8 Å². The summed E-state index contributed by atoms with van der Waals surface area (Å²) in [4.78, 5) is 17.4. The molecule has 0 spiro atoms. The van der Waals surface area contributed by atoms with Crippen molar-refractivity contribution in [2.24, 2.45) is 0 Å². The van der Waals surface area contributed by atoms with Gasteiger partial charge in [0.05, 0.1) is 5.56 Å². The normalized spacial score (nSPS) is 11.2. The average Bonchev–Trinajstić information content (AvgIpc) is 3.27. The third kappa shape index (κ3) is 4.63.